The summed E-state index contributed by atoms with van der Waals surface area (Å²) >= 11 is 1.30. The average molecular weight is 415 g/mol. The second kappa shape index (κ2) is 9.16. The van der Waals surface area contributed by atoms with Crippen LogP contribution in [0.25, 0.3) is 11.3 Å². The summed E-state index contributed by atoms with van der Waals surface area (Å²) in [5, 5.41) is 7.73. The maximum Gasteiger partial charge on any atom is 0.325 e. The number of rotatable bonds is 7. The Balaban J connectivity index is 1.77. The van der Waals surface area contributed by atoms with Gasteiger partial charge < -0.3 is 24.3 Å². The molecule has 9 heteroatoms. The Labute approximate surface area is 172 Å². The number of ether oxygens (including phenoxy) is 4. The van der Waals surface area contributed by atoms with Crippen LogP contribution in [0.2, 0.25) is 0 Å². The number of carbonyl (C=O) groups is 1. The smallest absolute Gasteiger partial charge is 0.325 e. The highest BCUT2D eigenvalue weighted by Crippen LogP contribution is 2.36. The Morgan fingerprint density at radius 1 is 0.931 bits per heavy atom. The van der Waals surface area contributed by atoms with E-state index in [0.29, 0.717) is 39.5 Å². The van der Waals surface area contributed by atoms with Crippen molar-refractivity contribution in [2.24, 2.45) is 0 Å². The molecule has 3 rings (SSSR count). The van der Waals surface area contributed by atoms with E-state index in [2.05, 4.69) is 15.6 Å². The average Bonchev–Trinajstić information content (AvgIpc) is 3.20. The third-order valence-electron chi connectivity index (χ3n) is 4.06. The highest BCUT2D eigenvalue weighted by atomic mass is 32.1. The van der Waals surface area contributed by atoms with Crippen LogP contribution in [-0.4, -0.2) is 39.5 Å². The zero-order valence-electron chi connectivity index (χ0n) is 16.4. The molecule has 0 unspecified atom stereocenters. The Morgan fingerprint density at radius 2 is 1.72 bits per heavy atom. The zero-order valence-corrected chi connectivity index (χ0v) is 17.3. The summed E-state index contributed by atoms with van der Waals surface area (Å²) in [5.41, 5.74) is 1.92. The van der Waals surface area contributed by atoms with Crippen molar-refractivity contribution in [3.63, 3.8) is 0 Å². The molecule has 2 aromatic carbocycles. The number of benzene rings is 2. The molecule has 1 heterocycles. The number of hydrogen-bond acceptors (Lipinski definition) is 7. The van der Waals surface area contributed by atoms with E-state index in [1.165, 1.54) is 25.6 Å². The van der Waals surface area contributed by atoms with Crippen LogP contribution in [0, 0.1) is 0 Å². The number of aromatic nitrogens is 1. The van der Waals surface area contributed by atoms with Crippen molar-refractivity contribution >= 4 is 28.2 Å². The lowest BCUT2D eigenvalue weighted by Crippen LogP contribution is -2.19. The lowest BCUT2D eigenvalue weighted by molar-refractivity contribution is 0.262. The summed E-state index contributed by atoms with van der Waals surface area (Å²) < 4.78 is 21.2. The molecule has 0 aliphatic carbocycles. The number of hydrogen-bond donors (Lipinski definition) is 2. The first-order chi connectivity index (χ1) is 14.1. The highest BCUT2D eigenvalue weighted by molar-refractivity contribution is 7.14. The third kappa shape index (κ3) is 4.52. The minimum atomic E-state index is -0.449. The highest BCUT2D eigenvalue weighted by Gasteiger charge is 2.15. The fourth-order valence-electron chi connectivity index (χ4n) is 2.71. The van der Waals surface area contributed by atoms with Gasteiger partial charge in [0.2, 0.25) is 0 Å². The number of nitrogens with zero attached hydrogens (tertiary/aromatic N) is 1. The van der Waals surface area contributed by atoms with Gasteiger partial charge >= 0.3 is 6.03 Å². The molecule has 0 aliphatic heterocycles. The van der Waals surface area contributed by atoms with Gasteiger partial charge in [-0.2, -0.15) is 0 Å². The monoisotopic (exact) mass is 415 g/mol. The molecule has 0 spiro atoms. The molecule has 8 nitrogen and oxygen atoms in total. The maximum atomic E-state index is 12.4. The zero-order chi connectivity index (χ0) is 20.8. The van der Waals surface area contributed by atoms with E-state index in [1.807, 2.05) is 23.6 Å². The molecule has 0 saturated heterocycles. The van der Waals surface area contributed by atoms with Gasteiger partial charge in [0, 0.05) is 10.9 Å². The van der Waals surface area contributed by atoms with E-state index in [0.717, 1.165) is 5.56 Å². The van der Waals surface area contributed by atoms with Gasteiger partial charge in [0.15, 0.2) is 16.6 Å². The molecule has 1 aromatic heterocycles. The van der Waals surface area contributed by atoms with E-state index in [1.54, 1.807) is 32.4 Å². The fraction of sp³-hybridized carbons (Fsp3) is 0.200. The van der Waals surface area contributed by atoms with E-state index < -0.39 is 6.03 Å². The fourth-order valence-corrected chi connectivity index (χ4v) is 3.41. The number of para-hydroxylation sites is 1. The molecule has 2 amide bonds. The lowest BCUT2D eigenvalue weighted by atomic mass is 10.1. The summed E-state index contributed by atoms with van der Waals surface area (Å²) in [6, 6.07) is 10.2. The van der Waals surface area contributed by atoms with Gasteiger partial charge in [-0.05, 0) is 30.3 Å². The Hall–Kier alpha value is -3.46. The van der Waals surface area contributed by atoms with E-state index >= 15 is 0 Å². The topological polar surface area (TPSA) is 90.9 Å². The molecule has 0 saturated carbocycles. The predicted molar refractivity (Wildman–Crippen MR) is 113 cm³/mol. The largest absolute Gasteiger partial charge is 0.497 e. The van der Waals surface area contributed by atoms with Gasteiger partial charge in [0.25, 0.3) is 0 Å². The SMILES string of the molecule is COc1ccc(OC)c(-c2csc(NC(=O)Nc3cccc(OC)c3OC)n2)c1. The molecular weight excluding hydrogens is 394 g/mol. The number of carbonyl (C=O) groups excluding carboxylic acids is 1. The number of amides is 2. The van der Waals surface area contributed by atoms with Crippen LogP contribution in [0.1, 0.15) is 0 Å². The first kappa shape index (κ1) is 20.3. The summed E-state index contributed by atoms with van der Waals surface area (Å²) in [5.74, 6) is 2.30. The van der Waals surface area contributed by atoms with Crippen LogP contribution in [0.4, 0.5) is 15.6 Å². The van der Waals surface area contributed by atoms with Gasteiger partial charge in [-0.25, -0.2) is 9.78 Å². The molecule has 152 valence electrons. The van der Waals surface area contributed by atoms with Gasteiger partial charge in [0.1, 0.15) is 11.5 Å². The van der Waals surface area contributed by atoms with Crippen LogP contribution in [0.3, 0.4) is 0 Å². The molecule has 0 aliphatic rings. The van der Waals surface area contributed by atoms with Crippen molar-refractivity contribution in [3.8, 4) is 34.3 Å². The maximum absolute atomic E-state index is 12.4. The molecule has 3 aromatic rings. The number of methoxy groups -OCH3 is 4. The first-order valence-electron chi connectivity index (χ1n) is 8.56. The lowest BCUT2D eigenvalue weighted by Gasteiger charge is -2.13. The van der Waals surface area contributed by atoms with Gasteiger partial charge in [-0.3, -0.25) is 5.32 Å². The number of urea groups is 1. The summed E-state index contributed by atoms with van der Waals surface area (Å²) in [6.45, 7) is 0. The van der Waals surface area contributed by atoms with Crippen molar-refractivity contribution < 1.29 is 23.7 Å². The minimum Gasteiger partial charge on any atom is -0.497 e. The molecule has 0 radical (unpaired) electrons. The van der Waals surface area contributed by atoms with E-state index in [9.17, 15) is 4.79 Å². The van der Waals surface area contributed by atoms with Gasteiger partial charge in [-0.15, -0.1) is 11.3 Å². The normalized spacial score (nSPS) is 10.2. The first-order valence-corrected chi connectivity index (χ1v) is 9.44. The van der Waals surface area contributed by atoms with Gasteiger partial charge in [0.05, 0.1) is 39.8 Å². The number of nitrogens with one attached hydrogen (secondary N) is 2. The number of thiazole rings is 1. The van der Waals surface area contributed by atoms with Crippen LogP contribution in [-0.2, 0) is 0 Å². The molecule has 0 atom stereocenters. The van der Waals surface area contributed by atoms with Crippen molar-refractivity contribution in [2.75, 3.05) is 39.1 Å². The Morgan fingerprint density at radius 3 is 2.41 bits per heavy atom. The van der Waals surface area contributed by atoms with Crippen LogP contribution in [0.15, 0.2) is 41.8 Å². The van der Waals surface area contributed by atoms with Crippen molar-refractivity contribution in [2.45, 2.75) is 0 Å². The van der Waals surface area contributed by atoms with Gasteiger partial charge in [-0.1, -0.05) is 6.07 Å². The molecule has 0 bridgehead atoms. The quantitative estimate of drug-likeness (QED) is 0.591. The molecule has 29 heavy (non-hydrogen) atoms. The standard InChI is InChI=1S/C20H21N3O5S/c1-25-12-8-9-16(26-2)13(10-12)15-11-29-20(22-15)23-19(24)21-14-6-5-7-17(27-3)18(14)28-4/h5-11H,1-4H3,(H2,21,22,23,24). The van der Waals surface area contributed by atoms with Crippen LogP contribution < -0.4 is 29.6 Å². The van der Waals surface area contributed by atoms with Crippen molar-refractivity contribution in [3.05, 3.63) is 41.8 Å². The second-order valence-electron chi connectivity index (χ2n) is 5.72. The predicted octanol–water partition coefficient (Wildman–Crippen LogP) is 4.49. The molecule has 2 N–H and O–H groups in total. The van der Waals surface area contributed by atoms with Crippen LogP contribution in [0.5, 0.6) is 23.0 Å². The van der Waals surface area contributed by atoms with Crippen LogP contribution >= 0.6 is 11.3 Å². The minimum absolute atomic E-state index is 0.434. The summed E-state index contributed by atoms with van der Waals surface area (Å²) in [6.07, 6.45) is 0. The Kier molecular flexibility index (Phi) is 6.40. The summed E-state index contributed by atoms with van der Waals surface area (Å²) in [4.78, 5) is 16.9. The Bertz CT molecular complexity index is 1010. The van der Waals surface area contributed by atoms with Crippen molar-refractivity contribution in [1.29, 1.82) is 0 Å². The summed E-state index contributed by atoms with van der Waals surface area (Å²) in [7, 11) is 6.23. The third-order valence-corrected chi connectivity index (χ3v) is 4.82. The van der Waals surface area contributed by atoms with Crippen molar-refractivity contribution in [1.82, 2.24) is 4.98 Å². The molecule has 0 fully saturated rings. The second-order valence-corrected chi connectivity index (χ2v) is 6.58. The van der Waals surface area contributed by atoms with E-state index in [-0.39, 0.29) is 0 Å². The van der Waals surface area contributed by atoms with E-state index in [4.69, 9.17) is 18.9 Å². The number of anilines is 2. The molecular formula is C20H21N3O5S.